The standard InChI is InChI=1S/C15H23NO3S/c1-12-4-5-13(2)15(10-12)19-11-14-6-8-16(9-7-14)20(3,17)18/h4-5,10,14H,6-9,11H2,1-3H3. The minimum Gasteiger partial charge on any atom is -0.493 e. The first-order valence-electron chi connectivity index (χ1n) is 7.01. The first-order valence-corrected chi connectivity index (χ1v) is 8.86. The van der Waals surface area contributed by atoms with E-state index in [0.29, 0.717) is 25.6 Å². The molecule has 0 N–H and O–H groups in total. The number of hydrogen-bond acceptors (Lipinski definition) is 3. The molecule has 1 heterocycles. The van der Waals surface area contributed by atoms with Gasteiger partial charge < -0.3 is 4.74 Å². The van der Waals surface area contributed by atoms with Crippen LogP contribution in [0.2, 0.25) is 0 Å². The van der Waals surface area contributed by atoms with E-state index >= 15 is 0 Å². The first kappa shape index (κ1) is 15.3. The van der Waals surface area contributed by atoms with Gasteiger partial charge in [-0.2, -0.15) is 0 Å². The molecule has 0 aliphatic carbocycles. The van der Waals surface area contributed by atoms with Gasteiger partial charge in [0.2, 0.25) is 10.0 Å². The van der Waals surface area contributed by atoms with Crippen LogP contribution in [-0.4, -0.2) is 38.7 Å². The number of rotatable bonds is 4. The maximum atomic E-state index is 11.4. The Balaban J connectivity index is 1.86. The summed E-state index contributed by atoms with van der Waals surface area (Å²) in [5.41, 5.74) is 2.33. The quantitative estimate of drug-likeness (QED) is 0.857. The van der Waals surface area contributed by atoms with E-state index in [-0.39, 0.29) is 0 Å². The molecule has 0 aromatic heterocycles. The molecule has 0 bridgehead atoms. The zero-order valence-corrected chi connectivity index (χ0v) is 13.2. The van der Waals surface area contributed by atoms with E-state index in [4.69, 9.17) is 4.74 Å². The molecule has 0 saturated carbocycles. The summed E-state index contributed by atoms with van der Waals surface area (Å²) in [5.74, 6) is 1.38. The Morgan fingerprint density at radius 2 is 1.90 bits per heavy atom. The monoisotopic (exact) mass is 297 g/mol. The summed E-state index contributed by atoms with van der Waals surface area (Å²) < 4.78 is 30.4. The van der Waals surface area contributed by atoms with Gasteiger partial charge in [-0.1, -0.05) is 12.1 Å². The molecular formula is C15H23NO3S. The molecule has 1 aromatic carbocycles. The summed E-state index contributed by atoms with van der Waals surface area (Å²) in [7, 11) is -3.04. The van der Waals surface area contributed by atoms with Gasteiger partial charge in [-0.05, 0) is 49.8 Å². The topological polar surface area (TPSA) is 46.6 Å². The summed E-state index contributed by atoms with van der Waals surface area (Å²) in [4.78, 5) is 0. The molecule has 0 spiro atoms. The second-order valence-electron chi connectivity index (χ2n) is 5.69. The molecule has 4 nitrogen and oxygen atoms in total. The Morgan fingerprint density at radius 1 is 1.25 bits per heavy atom. The number of nitrogens with zero attached hydrogens (tertiary/aromatic N) is 1. The smallest absolute Gasteiger partial charge is 0.211 e. The zero-order chi connectivity index (χ0) is 14.8. The molecular weight excluding hydrogens is 274 g/mol. The average molecular weight is 297 g/mol. The fraction of sp³-hybridized carbons (Fsp3) is 0.600. The maximum Gasteiger partial charge on any atom is 0.211 e. The third kappa shape index (κ3) is 3.96. The van der Waals surface area contributed by atoms with Gasteiger partial charge in [0, 0.05) is 13.1 Å². The third-order valence-corrected chi connectivity index (χ3v) is 5.16. The predicted octanol–water partition coefficient (Wildman–Crippen LogP) is 2.35. The van der Waals surface area contributed by atoms with Crippen molar-refractivity contribution >= 4 is 10.0 Å². The number of hydrogen-bond donors (Lipinski definition) is 0. The molecule has 20 heavy (non-hydrogen) atoms. The van der Waals surface area contributed by atoms with Crippen LogP contribution in [0.1, 0.15) is 24.0 Å². The zero-order valence-electron chi connectivity index (χ0n) is 12.4. The molecule has 1 aliphatic rings. The van der Waals surface area contributed by atoms with E-state index < -0.39 is 10.0 Å². The van der Waals surface area contributed by atoms with Crippen molar-refractivity contribution in [2.75, 3.05) is 26.0 Å². The van der Waals surface area contributed by atoms with Gasteiger partial charge in [0.05, 0.1) is 12.9 Å². The summed E-state index contributed by atoms with van der Waals surface area (Å²) >= 11 is 0. The summed E-state index contributed by atoms with van der Waals surface area (Å²) in [6, 6.07) is 6.20. The fourth-order valence-electron chi connectivity index (χ4n) is 2.48. The first-order chi connectivity index (χ1) is 9.36. The summed E-state index contributed by atoms with van der Waals surface area (Å²) in [6.07, 6.45) is 3.02. The largest absolute Gasteiger partial charge is 0.493 e. The van der Waals surface area contributed by atoms with Crippen molar-refractivity contribution in [2.24, 2.45) is 5.92 Å². The van der Waals surface area contributed by atoms with Gasteiger partial charge in [0.25, 0.3) is 0 Å². The van der Waals surface area contributed by atoms with E-state index in [1.165, 1.54) is 11.8 Å². The van der Waals surface area contributed by atoms with Gasteiger partial charge in [-0.15, -0.1) is 0 Å². The van der Waals surface area contributed by atoms with Crippen molar-refractivity contribution in [3.8, 4) is 5.75 Å². The van der Waals surface area contributed by atoms with Crippen LogP contribution in [0.15, 0.2) is 18.2 Å². The highest BCUT2D eigenvalue weighted by Crippen LogP contribution is 2.23. The molecule has 1 aromatic rings. The van der Waals surface area contributed by atoms with Crippen molar-refractivity contribution in [3.63, 3.8) is 0 Å². The molecule has 0 radical (unpaired) electrons. The Labute approximate surface area is 121 Å². The minimum atomic E-state index is -3.04. The molecule has 0 amide bonds. The van der Waals surface area contributed by atoms with Crippen LogP contribution < -0.4 is 4.74 Å². The van der Waals surface area contributed by atoms with E-state index in [2.05, 4.69) is 25.1 Å². The molecule has 5 heteroatoms. The van der Waals surface area contributed by atoms with Gasteiger partial charge in [-0.25, -0.2) is 12.7 Å². The molecule has 0 unspecified atom stereocenters. The Bertz CT molecular complexity index is 560. The molecule has 112 valence electrons. The Morgan fingerprint density at radius 3 is 2.50 bits per heavy atom. The molecule has 1 saturated heterocycles. The molecule has 1 aliphatic heterocycles. The van der Waals surface area contributed by atoms with Crippen molar-refractivity contribution in [3.05, 3.63) is 29.3 Å². The Kier molecular flexibility index (Phi) is 4.70. The lowest BCUT2D eigenvalue weighted by atomic mass is 9.99. The van der Waals surface area contributed by atoms with Gasteiger partial charge >= 0.3 is 0 Å². The van der Waals surface area contributed by atoms with Crippen LogP contribution in [0.25, 0.3) is 0 Å². The van der Waals surface area contributed by atoms with Crippen molar-refractivity contribution in [1.29, 1.82) is 0 Å². The second kappa shape index (κ2) is 6.14. The normalized spacial score (nSPS) is 18.1. The molecule has 2 rings (SSSR count). The van der Waals surface area contributed by atoms with Gasteiger partial charge in [0.1, 0.15) is 5.75 Å². The van der Waals surface area contributed by atoms with Crippen LogP contribution in [-0.2, 0) is 10.0 Å². The Hall–Kier alpha value is -1.07. The van der Waals surface area contributed by atoms with Crippen LogP contribution in [0.3, 0.4) is 0 Å². The second-order valence-corrected chi connectivity index (χ2v) is 7.67. The van der Waals surface area contributed by atoms with Crippen molar-refractivity contribution in [2.45, 2.75) is 26.7 Å². The highest BCUT2D eigenvalue weighted by atomic mass is 32.2. The number of piperidine rings is 1. The van der Waals surface area contributed by atoms with Gasteiger partial charge in [-0.3, -0.25) is 0 Å². The SMILES string of the molecule is Cc1ccc(C)c(OCC2CCN(S(C)(=O)=O)CC2)c1. The average Bonchev–Trinajstić information content (AvgIpc) is 2.39. The van der Waals surface area contributed by atoms with Crippen molar-refractivity contribution in [1.82, 2.24) is 4.31 Å². The van der Waals surface area contributed by atoms with E-state index in [9.17, 15) is 8.42 Å². The van der Waals surface area contributed by atoms with E-state index in [1.807, 2.05) is 6.92 Å². The van der Waals surface area contributed by atoms with Crippen LogP contribution in [0, 0.1) is 19.8 Å². The molecule has 0 atom stereocenters. The lowest BCUT2D eigenvalue weighted by molar-refractivity contribution is 0.185. The van der Waals surface area contributed by atoms with E-state index in [1.54, 1.807) is 4.31 Å². The van der Waals surface area contributed by atoms with Crippen LogP contribution in [0.4, 0.5) is 0 Å². The number of aryl methyl sites for hydroxylation is 2. The predicted molar refractivity (Wildman–Crippen MR) is 80.6 cm³/mol. The van der Waals surface area contributed by atoms with Crippen LogP contribution >= 0.6 is 0 Å². The fourth-order valence-corrected chi connectivity index (χ4v) is 3.35. The van der Waals surface area contributed by atoms with Crippen LogP contribution in [0.5, 0.6) is 5.75 Å². The summed E-state index contributed by atoms with van der Waals surface area (Å²) in [6.45, 7) is 5.99. The molecule has 1 fully saturated rings. The lowest BCUT2D eigenvalue weighted by Crippen LogP contribution is -2.39. The van der Waals surface area contributed by atoms with Gasteiger partial charge in [0.15, 0.2) is 0 Å². The highest BCUT2D eigenvalue weighted by molar-refractivity contribution is 7.88. The van der Waals surface area contributed by atoms with E-state index in [0.717, 1.165) is 24.2 Å². The van der Waals surface area contributed by atoms with Crippen molar-refractivity contribution < 1.29 is 13.2 Å². The minimum absolute atomic E-state index is 0.438. The number of ether oxygens (including phenoxy) is 1. The highest BCUT2D eigenvalue weighted by Gasteiger charge is 2.25. The summed E-state index contributed by atoms with van der Waals surface area (Å²) in [5, 5.41) is 0. The number of sulfonamides is 1. The maximum absolute atomic E-state index is 11.4. The third-order valence-electron chi connectivity index (χ3n) is 3.86. The lowest BCUT2D eigenvalue weighted by Gasteiger charge is -2.30. The number of benzene rings is 1.